The number of fused-ring (bicyclic) bond motifs is 3. The van der Waals surface area contributed by atoms with Crippen molar-refractivity contribution in [3.63, 3.8) is 0 Å². The molecule has 230 valence electrons. The number of esters is 2. The van der Waals surface area contributed by atoms with E-state index in [9.17, 15) is 14.7 Å². The lowest BCUT2D eigenvalue weighted by Crippen LogP contribution is -2.50. The highest BCUT2D eigenvalue weighted by Gasteiger charge is 2.45. The number of halogens is 1. The summed E-state index contributed by atoms with van der Waals surface area (Å²) in [6, 6.07) is 11.8. The molecule has 2 aromatic rings. The second-order valence-electron chi connectivity index (χ2n) is 12.7. The number of benzene rings is 2. The minimum absolute atomic E-state index is 0.116. The molecular formula is C35H42ClNO6. The molecule has 1 N–H and O–H groups in total. The molecule has 6 rings (SSSR count). The predicted octanol–water partition coefficient (Wildman–Crippen LogP) is 6.28. The van der Waals surface area contributed by atoms with E-state index >= 15 is 0 Å². The van der Waals surface area contributed by atoms with Crippen molar-refractivity contribution in [3.05, 3.63) is 69.8 Å². The predicted molar refractivity (Wildman–Crippen MR) is 166 cm³/mol. The van der Waals surface area contributed by atoms with E-state index in [0.717, 1.165) is 80.1 Å². The SMILES string of the molecule is CCOC(=O)[C@@H]1CC=C(C(O)[C@@H]2CC[C@H]2CN2C[C@@]3(CCCc4cc(Cl)ccc43)COc3ccc(C(=O)OC)cc32)CC1. The van der Waals surface area contributed by atoms with Crippen molar-refractivity contribution in [2.75, 3.05) is 38.3 Å². The second-order valence-corrected chi connectivity index (χ2v) is 13.2. The van der Waals surface area contributed by atoms with E-state index in [4.69, 9.17) is 25.8 Å². The largest absolute Gasteiger partial charge is 0.490 e. The van der Waals surface area contributed by atoms with Gasteiger partial charge in [-0.05, 0) is 117 Å². The van der Waals surface area contributed by atoms with Crippen LogP contribution in [0.3, 0.4) is 0 Å². The van der Waals surface area contributed by atoms with Gasteiger partial charge in [-0.15, -0.1) is 0 Å². The zero-order valence-electron chi connectivity index (χ0n) is 25.1. The smallest absolute Gasteiger partial charge is 0.337 e. The van der Waals surface area contributed by atoms with Crippen LogP contribution in [0.2, 0.25) is 5.02 Å². The number of allylic oxidation sites excluding steroid dienone is 1. The molecule has 43 heavy (non-hydrogen) atoms. The lowest BCUT2D eigenvalue weighted by Gasteiger charge is -2.46. The van der Waals surface area contributed by atoms with E-state index in [1.54, 1.807) is 6.07 Å². The number of hydrogen-bond donors (Lipinski definition) is 1. The van der Waals surface area contributed by atoms with Crippen LogP contribution in [-0.4, -0.2) is 56.6 Å². The van der Waals surface area contributed by atoms with Gasteiger partial charge in [0.1, 0.15) is 5.75 Å². The Morgan fingerprint density at radius 1 is 1.16 bits per heavy atom. The van der Waals surface area contributed by atoms with Crippen LogP contribution >= 0.6 is 11.6 Å². The number of carbonyl (C=O) groups is 2. The molecule has 3 aliphatic carbocycles. The first kappa shape index (κ1) is 30.0. The highest BCUT2D eigenvalue weighted by atomic mass is 35.5. The Morgan fingerprint density at radius 3 is 2.74 bits per heavy atom. The maximum Gasteiger partial charge on any atom is 0.337 e. The number of aliphatic hydroxyl groups excluding tert-OH is 1. The van der Waals surface area contributed by atoms with Crippen LogP contribution in [0, 0.1) is 17.8 Å². The molecule has 1 aliphatic heterocycles. The van der Waals surface area contributed by atoms with Gasteiger partial charge in [-0.25, -0.2) is 4.79 Å². The molecule has 1 unspecified atom stereocenters. The number of ether oxygens (including phenoxy) is 3. The molecule has 2 aromatic carbocycles. The van der Waals surface area contributed by atoms with Gasteiger partial charge in [-0.1, -0.05) is 23.7 Å². The zero-order chi connectivity index (χ0) is 30.1. The van der Waals surface area contributed by atoms with Crippen LogP contribution in [-0.2, 0) is 26.1 Å². The molecule has 0 radical (unpaired) electrons. The number of aliphatic hydroxyl groups is 1. The van der Waals surface area contributed by atoms with Crippen molar-refractivity contribution in [1.82, 2.24) is 0 Å². The summed E-state index contributed by atoms with van der Waals surface area (Å²) in [5.41, 5.74) is 4.81. The summed E-state index contributed by atoms with van der Waals surface area (Å²) < 4.78 is 16.8. The molecule has 7 nitrogen and oxygen atoms in total. The van der Waals surface area contributed by atoms with Crippen molar-refractivity contribution in [2.45, 2.75) is 69.8 Å². The summed E-state index contributed by atoms with van der Waals surface area (Å²) in [5, 5.41) is 12.3. The molecule has 0 aromatic heterocycles. The van der Waals surface area contributed by atoms with Gasteiger partial charge in [0, 0.05) is 23.5 Å². The van der Waals surface area contributed by atoms with Crippen LogP contribution < -0.4 is 9.64 Å². The fraction of sp³-hybridized carbons (Fsp3) is 0.543. The molecular weight excluding hydrogens is 566 g/mol. The normalized spacial score (nSPS) is 27.0. The molecule has 1 heterocycles. The standard InChI is InChI=1S/C35H42ClNO6/c1-3-42-34(40)23-8-6-22(7-9-23)32(38)28-13-10-26(28)19-37-20-35(16-4-5-24-17-27(36)12-14-29(24)35)21-43-31-15-11-25(18-30(31)37)33(39)41-2/h6,11-12,14-15,17-18,23,26,28,32,38H,3-5,7-10,13,16,19-21H2,1-2H3/t23-,26+,28-,32?,35+/m1/s1. The second kappa shape index (κ2) is 12.5. The van der Waals surface area contributed by atoms with Crippen LogP contribution in [0.25, 0.3) is 0 Å². The number of anilines is 1. The molecule has 1 fully saturated rings. The molecule has 0 saturated heterocycles. The van der Waals surface area contributed by atoms with E-state index < -0.39 is 6.10 Å². The Hall–Kier alpha value is -3.03. The molecule has 1 spiro atoms. The van der Waals surface area contributed by atoms with Crippen LogP contribution in [0.1, 0.15) is 73.4 Å². The Balaban J connectivity index is 1.27. The monoisotopic (exact) mass is 607 g/mol. The number of nitrogens with zero attached hydrogens (tertiary/aromatic N) is 1. The average molecular weight is 608 g/mol. The third-order valence-corrected chi connectivity index (χ3v) is 10.5. The molecule has 0 amide bonds. The van der Waals surface area contributed by atoms with Crippen molar-refractivity contribution in [3.8, 4) is 5.75 Å². The number of hydrogen-bond acceptors (Lipinski definition) is 7. The first-order valence-electron chi connectivity index (χ1n) is 15.7. The third-order valence-electron chi connectivity index (χ3n) is 10.2. The van der Waals surface area contributed by atoms with Crippen molar-refractivity contribution >= 4 is 29.2 Å². The van der Waals surface area contributed by atoms with Gasteiger partial charge in [0.2, 0.25) is 0 Å². The van der Waals surface area contributed by atoms with Gasteiger partial charge >= 0.3 is 11.9 Å². The van der Waals surface area contributed by atoms with Crippen molar-refractivity contribution in [1.29, 1.82) is 0 Å². The van der Waals surface area contributed by atoms with Gasteiger partial charge in [-0.3, -0.25) is 4.79 Å². The van der Waals surface area contributed by atoms with E-state index in [-0.39, 0.29) is 35.1 Å². The van der Waals surface area contributed by atoms with Crippen LogP contribution in [0.5, 0.6) is 5.75 Å². The molecule has 8 heteroatoms. The number of aryl methyl sites for hydroxylation is 1. The summed E-state index contributed by atoms with van der Waals surface area (Å²) in [7, 11) is 1.40. The summed E-state index contributed by atoms with van der Waals surface area (Å²) in [5.74, 6) is 0.577. The molecule has 5 atom stereocenters. The van der Waals surface area contributed by atoms with Gasteiger partial charge in [0.15, 0.2) is 0 Å². The third kappa shape index (κ3) is 5.91. The zero-order valence-corrected chi connectivity index (χ0v) is 25.9. The van der Waals surface area contributed by atoms with Crippen molar-refractivity contribution in [2.24, 2.45) is 17.8 Å². The van der Waals surface area contributed by atoms with E-state index in [1.165, 1.54) is 18.2 Å². The van der Waals surface area contributed by atoms with Crippen molar-refractivity contribution < 1.29 is 28.9 Å². The molecule has 0 bridgehead atoms. The highest BCUT2D eigenvalue weighted by molar-refractivity contribution is 6.30. The minimum Gasteiger partial charge on any atom is -0.490 e. The minimum atomic E-state index is -0.516. The number of methoxy groups -OCH3 is 1. The Morgan fingerprint density at radius 2 is 2.02 bits per heavy atom. The first-order chi connectivity index (χ1) is 20.8. The number of rotatable bonds is 7. The van der Waals surface area contributed by atoms with Gasteiger partial charge in [0.25, 0.3) is 0 Å². The lowest BCUT2D eigenvalue weighted by molar-refractivity contribution is -0.148. The highest BCUT2D eigenvalue weighted by Crippen LogP contribution is 2.47. The Kier molecular flexibility index (Phi) is 8.74. The molecule has 1 saturated carbocycles. The topological polar surface area (TPSA) is 85.3 Å². The number of carbonyl (C=O) groups excluding carboxylic acids is 2. The fourth-order valence-corrected chi connectivity index (χ4v) is 7.95. The Labute approximate surface area is 259 Å². The quantitative estimate of drug-likeness (QED) is 0.293. The van der Waals surface area contributed by atoms with Crippen LogP contribution in [0.4, 0.5) is 5.69 Å². The average Bonchev–Trinajstić information content (AvgIpc) is 3.15. The summed E-state index contributed by atoms with van der Waals surface area (Å²) in [6.07, 6.45) is 8.68. The fourth-order valence-electron chi connectivity index (χ4n) is 7.75. The maximum absolute atomic E-state index is 12.5. The lowest BCUT2D eigenvalue weighted by atomic mass is 9.67. The Bertz CT molecular complexity index is 1410. The van der Waals surface area contributed by atoms with E-state index in [1.807, 2.05) is 25.1 Å². The van der Waals surface area contributed by atoms with Gasteiger partial charge in [0.05, 0.1) is 43.6 Å². The first-order valence-corrected chi connectivity index (χ1v) is 16.1. The van der Waals surface area contributed by atoms with E-state index in [0.29, 0.717) is 25.2 Å². The maximum atomic E-state index is 12.5. The van der Waals surface area contributed by atoms with Gasteiger partial charge < -0.3 is 24.2 Å². The van der Waals surface area contributed by atoms with Crippen LogP contribution in [0.15, 0.2) is 48.0 Å². The molecule has 4 aliphatic rings. The summed E-state index contributed by atoms with van der Waals surface area (Å²) >= 11 is 6.40. The van der Waals surface area contributed by atoms with Gasteiger partial charge in [-0.2, -0.15) is 0 Å². The summed E-state index contributed by atoms with van der Waals surface area (Å²) in [4.78, 5) is 27.1. The van der Waals surface area contributed by atoms with E-state index in [2.05, 4.69) is 23.1 Å². The summed E-state index contributed by atoms with van der Waals surface area (Å²) in [6.45, 7) is 4.28.